The molecule has 0 radical (unpaired) electrons. The molecule has 0 spiro atoms. The topological polar surface area (TPSA) is 55.1 Å². The number of carbonyl (C=O) groups excluding carboxylic acids is 1. The third-order valence-electron chi connectivity index (χ3n) is 4.38. The van der Waals surface area contributed by atoms with Crippen LogP contribution in [0.4, 0.5) is 0 Å². The van der Waals surface area contributed by atoms with Crippen molar-refractivity contribution < 1.29 is 4.79 Å². The Morgan fingerprint density at radius 3 is 2.50 bits per heavy atom. The zero-order chi connectivity index (χ0) is 13.6. The van der Waals surface area contributed by atoms with Crippen molar-refractivity contribution in [3.05, 3.63) is 0 Å². The highest BCUT2D eigenvalue weighted by Crippen LogP contribution is 2.32. The molecule has 0 aromatic heterocycles. The van der Waals surface area contributed by atoms with E-state index in [1.165, 1.54) is 12.8 Å². The van der Waals surface area contributed by atoms with Crippen LogP contribution in [0.3, 0.4) is 0 Å². The van der Waals surface area contributed by atoms with E-state index < -0.39 is 0 Å². The van der Waals surface area contributed by atoms with Crippen LogP contribution < -0.4 is 11.1 Å². The van der Waals surface area contributed by atoms with Gasteiger partial charge in [-0.2, -0.15) is 11.8 Å². The van der Waals surface area contributed by atoms with Gasteiger partial charge in [0.05, 0.1) is 5.41 Å². The Labute approximate surface area is 116 Å². The Hall–Kier alpha value is -0.220. The largest absolute Gasteiger partial charge is 0.352 e. The average molecular weight is 272 g/mol. The normalized spacial score (nSPS) is 24.2. The van der Waals surface area contributed by atoms with Crippen molar-refractivity contribution in [2.24, 2.45) is 11.1 Å². The first-order chi connectivity index (χ1) is 8.63. The highest BCUT2D eigenvalue weighted by Gasteiger charge is 2.37. The van der Waals surface area contributed by atoms with Crippen molar-refractivity contribution in [1.29, 1.82) is 0 Å². The molecule has 1 aliphatic carbocycles. The number of nitrogens with two attached hydrogens (primary N) is 1. The first-order valence-electron chi connectivity index (χ1n) is 7.26. The molecule has 2 unspecified atom stereocenters. The third-order valence-corrected chi connectivity index (χ3v) is 5.70. The zero-order valence-electron chi connectivity index (χ0n) is 12.0. The number of carbonyl (C=O) groups is 1. The van der Waals surface area contributed by atoms with Gasteiger partial charge in [0.15, 0.2) is 0 Å². The summed E-state index contributed by atoms with van der Waals surface area (Å²) in [6.45, 7) is 6.75. The molecule has 0 aliphatic heterocycles. The van der Waals surface area contributed by atoms with Crippen molar-refractivity contribution in [1.82, 2.24) is 5.32 Å². The van der Waals surface area contributed by atoms with Gasteiger partial charge < -0.3 is 11.1 Å². The summed E-state index contributed by atoms with van der Waals surface area (Å²) in [5.74, 6) is 1.30. The van der Waals surface area contributed by atoms with E-state index in [1.807, 2.05) is 11.8 Å². The molecule has 18 heavy (non-hydrogen) atoms. The molecule has 3 N–H and O–H groups in total. The van der Waals surface area contributed by atoms with Crippen molar-refractivity contribution >= 4 is 17.7 Å². The van der Waals surface area contributed by atoms with Gasteiger partial charge in [-0.25, -0.2) is 0 Å². The monoisotopic (exact) mass is 272 g/mol. The Bertz CT molecular complexity index is 258. The first kappa shape index (κ1) is 15.8. The van der Waals surface area contributed by atoms with E-state index in [0.717, 1.165) is 25.0 Å². The predicted molar refractivity (Wildman–Crippen MR) is 79.8 cm³/mol. The van der Waals surface area contributed by atoms with Gasteiger partial charge in [-0.1, -0.05) is 27.2 Å². The molecule has 0 saturated heterocycles. The lowest BCUT2D eigenvalue weighted by molar-refractivity contribution is -0.131. The molecule has 3 nitrogen and oxygen atoms in total. The van der Waals surface area contributed by atoms with Crippen LogP contribution in [0.15, 0.2) is 0 Å². The number of thioether (sulfide) groups is 1. The second-order valence-corrected chi connectivity index (χ2v) is 6.71. The van der Waals surface area contributed by atoms with Crippen LogP contribution in [0.1, 0.15) is 52.9 Å². The quantitative estimate of drug-likeness (QED) is 0.749. The Morgan fingerprint density at radius 1 is 1.33 bits per heavy atom. The number of nitrogens with one attached hydrogen (secondary N) is 1. The van der Waals surface area contributed by atoms with E-state index in [2.05, 4.69) is 26.1 Å². The number of hydrogen-bond acceptors (Lipinski definition) is 3. The van der Waals surface area contributed by atoms with Crippen LogP contribution in [-0.2, 0) is 4.79 Å². The second kappa shape index (κ2) is 7.39. The van der Waals surface area contributed by atoms with Crippen LogP contribution in [0.5, 0.6) is 0 Å². The molecular weight excluding hydrogens is 244 g/mol. The standard InChI is InChI=1S/C14H28N2OS/c1-4-14(5-2,10-15)13(17)16-11-8-7-9-12(11)18-6-3/h11-12H,4-10,15H2,1-3H3,(H,16,17). The van der Waals surface area contributed by atoms with Crippen molar-refractivity contribution in [3.8, 4) is 0 Å². The van der Waals surface area contributed by atoms with Gasteiger partial charge in [0.2, 0.25) is 5.91 Å². The van der Waals surface area contributed by atoms with Crippen LogP contribution in [0.2, 0.25) is 0 Å². The molecule has 2 atom stereocenters. The first-order valence-corrected chi connectivity index (χ1v) is 8.31. The molecule has 1 fully saturated rings. The van der Waals surface area contributed by atoms with E-state index in [9.17, 15) is 4.79 Å². The minimum Gasteiger partial charge on any atom is -0.352 e. The van der Waals surface area contributed by atoms with Gasteiger partial charge in [-0.05, 0) is 31.4 Å². The fourth-order valence-electron chi connectivity index (χ4n) is 2.78. The number of amides is 1. The number of rotatable bonds is 7. The third kappa shape index (κ3) is 3.41. The van der Waals surface area contributed by atoms with Gasteiger partial charge in [-0.3, -0.25) is 4.79 Å². The summed E-state index contributed by atoms with van der Waals surface area (Å²) in [6, 6.07) is 0.353. The van der Waals surface area contributed by atoms with Gasteiger partial charge in [0, 0.05) is 17.8 Å². The van der Waals surface area contributed by atoms with Gasteiger partial charge in [-0.15, -0.1) is 0 Å². The molecule has 0 aromatic carbocycles. The maximum absolute atomic E-state index is 12.5. The van der Waals surface area contributed by atoms with Gasteiger partial charge in [0.25, 0.3) is 0 Å². The van der Waals surface area contributed by atoms with Crippen LogP contribution in [0.25, 0.3) is 0 Å². The van der Waals surface area contributed by atoms with E-state index in [4.69, 9.17) is 5.73 Å². The van der Waals surface area contributed by atoms with Crippen molar-refractivity contribution in [2.75, 3.05) is 12.3 Å². The van der Waals surface area contributed by atoms with E-state index in [0.29, 0.717) is 17.8 Å². The van der Waals surface area contributed by atoms with Gasteiger partial charge >= 0.3 is 0 Å². The average Bonchev–Trinajstić information content (AvgIpc) is 2.80. The Morgan fingerprint density at radius 2 is 2.00 bits per heavy atom. The molecule has 106 valence electrons. The van der Waals surface area contributed by atoms with Gasteiger partial charge in [0.1, 0.15) is 0 Å². The van der Waals surface area contributed by atoms with Crippen LogP contribution in [0, 0.1) is 5.41 Å². The minimum absolute atomic E-state index is 0.170. The fraction of sp³-hybridized carbons (Fsp3) is 0.929. The Kier molecular flexibility index (Phi) is 6.50. The molecular formula is C14H28N2OS. The van der Waals surface area contributed by atoms with E-state index in [-0.39, 0.29) is 11.3 Å². The number of hydrogen-bond donors (Lipinski definition) is 2. The summed E-state index contributed by atoms with van der Waals surface area (Å²) in [7, 11) is 0. The van der Waals surface area contributed by atoms with Crippen molar-refractivity contribution in [3.63, 3.8) is 0 Å². The molecule has 0 bridgehead atoms. The highest BCUT2D eigenvalue weighted by molar-refractivity contribution is 7.99. The smallest absolute Gasteiger partial charge is 0.227 e. The maximum Gasteiger partial charge on any atom is 0.227 e. The second-order valence-electron chi connectivity index (χ2n) is 5.20. The summed E-state index contributed by atoms with van der Waals surface area (Å²) in [5, 5.41) is 3.87. The summed E-state index contributed by atoms with van der Waals surface area (Å²) < 4.78 is 0. The summed E-state index contributed by atoms with van der Waals surface area (Å²) in [6.07, 6.45) is 5.24. The lowest BCUT2D eigenvalue weighted by Gasteiger charge is -2.31. The molecule has 0 heterocycles. The lowest BCUT2D eigenvalue weighted by atomic mass is 9.81. The SMILES string of the molecule is CCSC1CCCC1NC(=O)C(CC)(CC)CN. The molecule has 1 saturated carbocycles. The molecule has 4 heteroatoms. The van der Waals surface area contributed by atoms with Crippen LogP contribution >= 0.6 is 11.8 Å². The lowest BCUT2D eigenvalue weighted by Crippen LogP contribution is -2.50. The van der Waals surface area contributed by atoms with E-state index in [1.54, 1.807) is 0 Å². The summed E-state index contributed by atoms with van der Waals surface area (Å²) >= 11 is 1.98. The highest BCUT2D eigenvalue weighted by atomic mass is 32.2. The summed E-state index contributed by atoms with van der Waals surface area (Å²) in [5.41, 5.74) is 5.47. The van der Waals surface area contributed by atoms with Crippen LogP contribution in [-0.4, -0.2) is 29.5 Å². The van der Waals surface area contributed by atoms with Crippen molar-refractivity contribution in [2.45, 2.75) is 64.2 Å². The molecule has 0 aromatic rings. The summed E-state index contributed by atoms with van der Waals surface area (Å²) in [4.78, 5) is 12.5. The predicted octanol–water partition coefficient (Wildman–Crippen LogP) is 2.54. The molecule has 1 aliphatic rings. The Balaban J connectivity index is 2.62. The maximum atomic E-state index is 12.5. The zero-order valence-corrected chi connectivity index (χ0v) is 12.8. The fourth-order valence-corrected chi connectivity index (χ4v) is 3.98. The molecule has 1 amide bonds. The minimum atomic E-state index is -0.357. The van der Waals surface area contributed by atoms with E-state index >= 15 is 0 Å². The molecule has 1 rings (SSSR count).